The summed E-state index contributed by atoms with van der Waals surface area (Å²) < 4.78 is 12.3. The minimum atomic E-state index is -0.687. The van der Waals surface area contributed by atoms with Crippen LogP contribution in [0.1, 0.15) is 63.7 Å². The number of thiophene rings is 1. The first-order chi connectivity index (χ1) is 15.3. The van der Waals surface area contributed by atoms with Gasteiger partial charge in [-0.05, 0) is 64.2 Å². The van der Waals surface area contributed by atoms with E-state index in [1.54, 1.807) is 30.5 Å². The van der Waals surface area contributed by atoms with E-state index >= 15 is 0 Å². The Morgan fingerprint density at radius 3 is 2.72 bits per heavy atom. The second-order valence-electron chi connectivity index (χ2n) is 8.01. The smallest absolute Gasteiger partial charge is 0.359 e. The molecule has 168 valence electrons. The maximum Gasteiger partial charge on any atom is 0.359 e. The Balaban J connectivity index is 1.45. The molecule has 1 N–H and O–H groups in total. The van der Waals surface area contributed by atoms with Gasteiger partial charge >= 0.3 is 11.9 Å². The van der Waals surface area contributed by atoms with Gasteiger partial charge in [-0.3, -0.25) is 4.79 Å². The number of ether oxygens (including phenoxy) is 2. The molecule has 0 saturated carbocycles. The third-order valence-corrected chi connectivity index (χ3v) is 6.42. The lowest BCUT2D eigenvalue weighted by Gasteiger charge is -2.14. The van der Waals surface area contributed by atoms with Crippen LogP contribution in [0.4, 0.5) is 5.00 Å². The summed E-state index contributed by atoms with van der Waals surface area (Å²) >= 11 is 1.39. The first kappa shape index (κ1) is 22.0. The summed E-state index contributed by atoms with van der Waals surface area (Å²) in [5.41, 5.74) is 3.06. The Hall–Kier alpha value is -3.20. The summed E-state index contributed by atoms with van der Waals surface area (Å²) in [4.78, 5) is 42.9. The second-order valence-corrected chi connectivity index (χ2v) is 9.12. The summed E-state index contributed by atoms with van der Waals surface area (Å²) in [7, 11) is 0. The molecular weight excluding hydrogens is 430 g/mol. The highest BCUT2D eigenvalue weighted by Crippen LogP contribution is 2.38. The molecule has 1 aliphatic rings. The SMILES string of the molecule is Cc1cccc2nc(C(=O)OCC(=O)Nc3sc4c(c3C(=O)OC(C)C)CCCC4)cn12. The summed E-state index contributed by atoms with van der Waals surface area (Å²) in [5, 5.41) is 3.19. The number of pyridine rings is 1. The predicted octanol–water partition coefficient (Wildman–Crippen LogP) is 3.94. The minimum Gasteiger partial charge on any atom is -0.459 e. The van der Waals surface area contributed by atoms with Gasteiger partial charge in [-0.1, -0.05) is 6.07 Å². The number of rotatable bonds is 6. The maximum atomic E-state index is 12.7. The molecule has 8 nitrogen and oxygen atoms in total. The molecule has 0 bridgehead atoms. The van der Waals surface area contributed by atoms with E-state index < -0.39 is 24.5 Å². The van der Waals surface area contributed by atoms with Crippen molar-refractivity contribution in [1.82, 2.24) is 9.38 Å². The van der Waals surface area contributed by atoms with Crippen LogP contribution in [0.5, 0.6) is 0 Å². The number of hydrogen-bond acceptors (Lipinski definition) is 7. The summed E-state index contributed by atoms with van der Waals surface area (Å²) in [5.74, 6) is -1.64. The summed E-state index contributed by atoms with van der Waals surface area (Å²) in [6.07, 6.45) is 5.02. The van der Waals surface area contributed by atoms with Crippen LogP contribution in [0.3, 0.4) is 0 Å². The van der Waals surface area contributed by atoms with Crippen molar-refractivity contribution in [2.24, 2.45) is 0 Å². The van der Waals surface area contributed by atoms with Crippen molar-refractivity contribution in [3.05, 3.63) is 51.8 Å². The molecule has 0 fully saturated rings. The van der Waals surface area contributed by atoms with Crippen LogP contribution in [-0.2, 0) is 27.1 Å². The molecule has 9 heteroatoms. The van der Waals surface area contributed by atoms with Crippen molar-refractivity contribution in [1.29, 1.82) is 0 Å². The van der Waals surface area contributed by atoms with Crippen molar-refractivity contribution >= 4 is 39.8 Å². The molecule has 0 saturated heterocycles. The highest BCUT2D eigenvalue weighted by molar-refractivity contribution is 7.17. The molecule has 32 heavy (non-hydrogen) atoms. The van der Waals surface area contributed by atoms with Gasteiger partial charge in [0.05, 0.1) is 11.7 Å². The van der Waals surface area contributed by atoms with E-state index in [1.807, 2.05) is 19.1 Å². The Labute approximate surface area is 189 Å². The molecule has 3 aromatic heterocycles. The van der Waals surface area contributed by atoms with Crippen LogP contribution >= 0.6 is 11.3 Å². The van der Waals surface area contributed by atoms with Gasteiger partial charge in [-0.2, -0.15) is 0 Å². The number of amides is 1. The summed E-state index contributed by atoms with van der Waals surface area (Å²) in [6.45, 7) is 5.00. The average Bonchev–Trinajstić information content (AvgIpc) is 3.33. The van der Waals surface area contributed by atoms with Gasteiger partial charge in [-0.15, -0.1) is 11.3 Å². The van der Waals surface area contributed by atoms with Gasteiger partial charge < -0.3 is 19.2 Å². The number of hydrogen-bond donors (Lipinski definition) is 1. The van der Waals surface area contributed by atoms with Crippen LogP contribution in [0.15, 0.2) is 24.4 Å². The van der Waals surface area contributed by atoms with E-state index in [9.17, 15) is 14.4 Å². The van der Waals surface area contributed by atoms with Gasteiger partial charge in [0.25, 0.3) is 5.91 Å². The number of anilines is 1. The van der Waals surface area contributed by atoms with Crippen molar-refractivity contribution in [3.63, 3.8) is 0 Å². The third-order valence-electron chi connectivity index (χ3n) is 5.21. The molecule has 4 rings (SSSR count). The number of carbonyl (C=O) groups excluding carboxylic acids is 3. The fraction of sp³-hybridized carbons (Fsp3) is 0.391. The van der Waals surface area contributed by atoms with E-state index in [2.05, 4.69) is 10.3 Å². The topological polar surface area (TPSA) is 99.0 Å². The third kappa shape index (κ3) is 4.52. The first-order valence-electron chi connectivity index (χ1n) is 10.6. The van der Waals surface area contributed by atoms with E-state index in [0.717, 1.165) is 41.8 Å². The van der Waals surface area contributed by atoms with E-state index in [0.29, 0.717) is 16.2 Å². The largest absolute Gasteiger partial charge is 0.459 e. The van der Waals surface area contributed by atoms with Gasteiger partial charge in [-0.25, -0.2) is 14.6 Å². The number of esters is 2. The first-order valence-corrected chi connectivity index (χ1v) is 11.4. The second kappa shape index (κ2) is 9.12. The lowest BCUT2D eigenvalue weighted by atomic mass is 9.95. The zero-order valence-electron chi connectivity index (χ0n) is 18.3. The minimum absolute atomic E-state index is 0.125. The average molecular weight is 456 g/mol. The fourth-order valence-electron chi connectivity index (χ4n) is 3.76. The molecule has 3 heterocycles. The number of imidazole rings is 1. The number of nitrogens with one attached hydrogen (secondary N) is 1. The molecule has 0 radical (unpaired) electrons. The predicted molar refractivity (Wildman–Crippen MR) is 120 cm³/mol. The highest BCUT2D eigenvalue weighted by Gasteiger charge is 2.28. The molecule has 0 aromatic carbocycles. The van der Waals surface area contributed by atoms with Crippen LogP contribution in [0.2, 0.25) is 0 Å². The van der Waals surface area contributed by atoms with Crippen molar-refractivity contribution in [2.75, 3.05) is 11.9 Å². The zero-order chi connectivity index (χ0) is 22.8. The van der Waals surface area contributed by atoms with Crippen LogP contribution in [0, 0.1) is 6.92 Å². The lowest BCUT2D eigenvalue weighted by Crippen LogP contribution is -2.22. The molecule has 0 unspecified atom stereocenters. The van der Waals surface area contributed by atoms with Crippen LogP contribution in [0.25, 0.3) is 5.65 Å². The van der Waals surface area contributed by atoms with Gasteiger partial charge in [0.2, 0.25) is 0 Å². The van der Waals surface area contributed by atoms with Crippen molar-refractivity contribution in [3.8, 4) is 0 Å². The molecule has 1 aliphatic carbocycles. The van der Waals surface area contributed by atoms with Crippen LogP contribution < -0.4 is 5.32 Å². The van der Waals surface area contributed by atoms with Gasteiger partial charge in [0, 0.05) is 16.8 Å². The van der Waals surface area contributed by atoms with Crippen LogP contribution in [-0.4, -0.2) is 39.9 Å². The number of carbonyl (C=O) groups is 3. The van der Waals surface area contributed by atoms with Crippen molar-refractivity contribution < 1.29 is 23.9 Å². The zero-order valence-corrected chi connectivity index (χ0v) is 19.1. The lowest BCUT2D eigenvalue weighted by molar-refractivity contribution is -0.119. The standard InChI is InChI=1S/C23H25N3O5S/c1-13(2)31-23(29)20-15-8-4-5-9-17(15)32-21(20)25-19(27)12-30-22(28)16-11-26-14(3)7-6-10-18(26)24-16/h6-7,10-11,13H,4-5,8-9,12H2,1-3H3,(H,25,27). The molecule has 0 atom stereocenters. The number of fused-ring (bicyclic) bond motifs is 2. The Kier molecular flexibility index (Phi) is 6.27. The monoisotopic (exact) mass is 455 g/mol. The fourth-order valence-corrected chi connectivity index (χ4v) is 5.05. The number of aryl methyl sites for hydroxylation is 2. The Morgan fingerprint density at radius 2 is 1.97 bits per heavy atom. The van der Waals surface area contributed by atoms with E-state index in [1.165, 1.54) is 11.3 Å². The normalized spacial score (nSPS) is 13.1. The number of aromatic nitrogens is 2. The van der Waals surface area contributed by atoms with Gasteiger partial charge in [0.15, 0.2) is 12.3 Å². The van der Waals surface area contributed by atoms with Gasteiger partial charge in [0.1, 0.15) is 10.6 Å². The molecule has 3 aromatic rings. The maximum absolute atomic E-state index is 12.7. The molecule has 1 amide bonds. The Bertz CT molecular complexity index is 1190. The van der Waals surface area contributed by atoms with E-state index in [4.69, 9.17) is 9.47 Å². The van der Waals surface area contributed by atoms with Crippen molar-refractivity contribution in [2.45, 2.75) is 52.6 Å². The molecular formula is C23H25N3O5S. The highest BCUT2D eigenvalue weighted by atomic mass is 32.1. The Morgan fingerprint density at radius 1 is 1.19 bits per heavy atom. The quantitative estimate of drug-likeness (QED) is 0.565. The van der Waals surface area contributed by atoms with E-state index in [-0.39, 0.29) is 11.8 Å². The number of nitrogens with zero attached hydrogens (tertiary/aromatic N) is 2. The summed E-state index contributed by atoms with van der Waals surface area (Å²) in [6, 6.07) is 5.54. The molecule has 0 spiro atoms. The molecule has 0 aliphatic heterocycles.